The third kappa shape index (κ3) is 2.34. The number of nitrogens with zero attached hydrogens (tertiary/aromatic N) is 3. The Kier molecular flexibility index (Phi) is 3.57. The summed E-state index contributed by atoms with van der Waals surface area (Å²) in [6.07, 6.45) is 1.47. The molecule has 1 amide bonds. The molecule has 0 spiro atoms. The fourth-order valence-corrected chi connectivity index (χ4v) is 2.49. The van der Waals surface area contributed by atoms with Crippen molar-refractivity contribution in [1.29, 1.82) is 0 Å². The molecule has 116 valence electrons. The number of hydrogen-bond acceptors (Lipinski definition) is 4. The van der Waals surface area contributed by atoms with Crippen molar-refractivity contribution < 1.29 is 9.90 Å². The maximum atomic E-state index is 12.8. The predicted molar refractivity (Wildman–Crippen MR) is 87.8 cm³/mol. The SMILES string of the molecule is CN(C(=O)c1c(O)c2cccnc2c(=O)n1C)c1ccccc1. The summed E-state index contributed by atoms with van der Waals surface area (Å²) in [5, 5.41) is 10.7. The van der Waals surface area contributed by atoms with Crippen molar-refractivity contribution in [3.63, 3.8) is 0 Å². The van der Waals surface area contributed by atoms with E-state index in [1.165, 1.54) is 18.1 Å². The Bertz CT molecular complexity index is 948. The number of carbonyl (C=O) groups excluding carboxylic acids is 1. The van der Waals surface area contributed by atoms with Crippen LogP contribution in [0.3, 0.4) is 0 Å². The zero-order valence-electron chi connectivity index (χ0n) is 12.7. The highest BCUT2D eigenvalue weighted by Gasteiger charge is 2.24. The number of anilines is 1. The van der Waals surface area contributed by atoms with Crippen molar-refractivity contribution in [3.05, 3.63) is 64.7 Å². The molecule has 0 unspecified atom stereocenters. The van der Waals surface area contributed by atoms with Crippen molar-refractivity contribution in [2.75, 3.05) is 11.9 Å². The topological polar surface area (TPSA) is 75.4 Å². The minimum Gasteiger partial charge on any atom is -0.505 e. The lowest BCUT2D eigenvalue weighted by atomic mass is 10.1. The molecule has 6 heteroatoms. The standard InChI is InChI=1S/C17H15N3O3/c1-19(11-7-4-3-5-8-11)17(23)14-15(21)12-9-6-10-18-13(12)16(22)20(14)2/h3-10,21H,1-2H3. The summed E-state index contributed by atoms with van der Waals surface area (Å²) in [6, 6.07) is 12.2. The molecule has 0 atom stereocenters. The van der Waals surface area contributed by atoms with E-state index in [9.17, 15) is 14.7 Å². The van der Waals surface area contributed by atoms with Gasteiger partial charge in [0.2, 0.25) is 0 Å². The molecule has 23 heavy (non-hydrogen) atoms. The fourth-order valence-electron chi connectivity index (χ4n) is 2.49. The number of rotatable bonds is 2. The third-order valence-electron chi connectivity index (χ3n) is 3.78. The van der Waals surface area contributed by atoms with Gasteiger partial charge in [-0.25, -0.2) is 0 Å². The first kappa shape index (κ1) is 14.8. The summed E-state index contributed by atoms with van der Waals surface area (Å²) in [5.41, 5.74) is 0.298. The molecule has 0 aliphatic carbocycles. The van der Waals surface area contributed by atoms with Gasteiger partial charge < -0.3 is 14.6 Å². The van der Waals surface area contributed by atoms with Gasteiger partial charge in [-0.2, -0.15) is 0 Å². The van der Waals surface area contributed by atoms with Crippen molar-refractivity contribution in [2.45, 2.75) is 0 Å². The Morgan fingerprint density at radius 1 is 1.17 bits per heavy atom. The van der Waals surface area contributed by atoms with Gasteiger partial charge in [0.25, 0.3) is 11.5 Å². The average Bonchev–Trinajstić information content (AvgIpc) is 2.60. The number of carbonyl (C=O) groups is 1. The summed E-state index contributed by atoms with van der Waals surface area (Å²) in [6.45, 7) is 0. The first-order valence-corrected chi connectivity index (χ1v) is 7.02. The number of amides is 1. The van der Waals surface area contributed by atoms with Gasteiger partial charge in [0, 0.05) is 26.0 Å². The van der Waals surface area contributed by atoms with E-state index in [2.05, 4.69) is 4.98 Å². The first-order valence-electron chi connectivity index (χ1n) is 7.02. The van der Waals surface area contributed by atoms with Gasteiger partial charge >= 0.3 is 0 Å². The van der Waals surface area contributed by atoms with Gasteiger partial charge in [-0.1, -0.05) is 18.2 Å². The summed E-state index contributed by atoms with van der Waals surface area (Å²) in [7, 11) is 3.04. The van der Waals surface area contributed by atoms with Crippen LogP contribution in [0.4, 0.5) is 5.69 Å². The van der Waals surface area contributed by atoms with Crippen LogP contribution in [-0.2, 0) is 7.05 Å². The number of hydrogen-bond donors (Lipinski definition) is 1. The molecule has 0 radical (unpaired) electrons. The van der Waals surface area contributed by atoms with Crippen LogP contribution in [0.2, 0.25) is 0 Å². The van der Waals surface area contributed by atoms with Crippen molar-refractivity contribution in [3.8, 4) is 5.75 Å². The quantitative estimate of drug-likeness (QED) is 0.784. The molecular weight excluding hydrogens is 294 g/mol. The second-order valence-electron chi connectivity index (χ2n) is 5.16. The molecule has 2 aromatic heterocycles. The van der Waals surface area contributed by atoms with Crippen LogP contribution >= 0.6 is 0 Å². The second-order valence-corrected chi connectivity index (χ2v) is 5.16. The molecule has 0 aliphatic heterocycles. The number of pyridine rings is 2. The fraction of sp³-hybridized carbons (Fsp3) is 0.118. The van der Waals surface area contributed by atoms with Gasteiger partial charge in [-0.3, -0.25) is 14.6 Å². The molecule has 0 saturated carbocycles. The van der Waals surface area contributed by atoms with E-state index in [4.69, 9.17) is 0 Å². The van der Waals surface area contributed by atoms with E-state index >= 15 is 0 Å². The van der Waals surface area contributed by atoms with E-state index in [-0.39, 0.29) is 22.3 Å². The van der Waals surface area contributed by atoms with Crippen molar-refractivity contribution >= 4 is 22.5 Å². The predicted octanol–water partition coefficient (Wildman–Crippen LogP) is 1.92. The minimum atomic E-state index is -0.473. The van der Waals surface area contributed by atoms with Gasteiger partial charge in [-0.15, -0.1) is 0 Å². The van der Waals surface area contributed by atoms with E-state index < -0.39 is 11.5 Å². The number of aromatic hydroxyl groups is 1. The molecule has 3 rings (SSSR count). The van der Waals surface area contributed by atoms with Crippen LogP contribution in [0, 0.1) is 0 Å². The number of para-hydroxylation sites is 1. The van der Waals surface area contributed by atoms with Crippen LogP contribution < -0.4 is 10.5 Å². The Balaban J connectivity index is 2.20. The molecule has 0 saturated heterocycles. The average molecular weight is 309 g/mol. The molecule has 1 aromatic carbocycles. The Hall–Kier alpha value is -3.15. The molecule has 3 aromatic rings. The van der Waals surface area contributed by atoms with E-state index in [1.54, 1.807) is 31.3 Å². The first-order chi connectivity index (χ1) is 11.0. The van der Waals surface area contributed by atoms with E-state index in [1.807, 2.05) is 18.2 Å². The molecule has 0 bridgehead atoms. The smallest absolute Gasteiger partial charge is 0.278 e. The van der Waals surface area contributed by atoms with Gasteiger partial charge in [0.15, 0.2) is 11.4 Å². The molecule has 0 fully saturated rings. The Labute approximate surface area is 132 Å². The number of benzene rings is 1. The Morgan fingerprint density at radius 2 is 1.87 bits per heavy atom. The summed E-state index contributed by atoms with van der Waals surface area (Å²) in [5.74, 6) is -0.720. The van der Waals surface area contributed by atoms with Crippen LogP contribution in [-0.4, -0.2) is 27.6 Å². The maximum absolute atomic E-state index is 12.8. The normalized spacial score (nSPS) is 10.7. The largest absolute Gasteiger partial charge is 0.505 e. The molecule has 6 nitrogen and oxygen atoms in total. The minimum absolute atomic E-state index is 0.0677. The third-order valence-corrected chi connectivity index (χ3v) is 3.78. The van der Waals surface area contributed by atoms with Crippen LogP contribution in [0.5, 0.6) is 5.75 Å². The number of fused-ring (bicyclic) bond motifs is 1. The van der Waals surface area contributed by atoms with E-state index in [0.29, 0.717) is 5.69 Å². The Morgan fingerprint density at radius 3 is 2.57 bits per heavy atom. The molecule has 1 N–H and O–H groups in total. The lowest BCUT2D eigenvalue weighted by molar-refractivity contribution is 0.0981. The summed E-state index contributed by atoms with van der Waals surface area (Å²) in [4.78, 5) is 30.5. The van der Waals surface area contributed by atoms with Gasteiger partial charge in [0.05, 0.1) is 5.39 Å². The van der Waals surface area contributed by atoms with Crippen molar-refractivity contribution in [1.82, 2.24) is 9.55 Å². The van der Waals surface area contributed by atoms with E-state index in [0.717, 1.165) is 4.57 Å². The zero-order chi connectivity index (χ0) is 16.6. The lowest BCUT2D eigenvalue weighted by Gasteiger charge is -2.20. The maximum Gasteiger partial charge on any atom is 0.278 e. The van der Waals surface area contributed by atoms with Crippen LogP contribution in [0.1, 0.15) is 10.5 Å². The zero-order valence-corrected chi connectivity index (χ0v) is 12.7. The molecule has 2 heterocycles. The van der Waals surface area contributed by atoms with Crippen LogP contribution in [0.15, 0.2) is 53.5 Å². The van der Waals surface area contributed by atoms with Crippen molar-refractivity contribution in [2.24, 2.45) is 7.05 Å². The van der Waals surface area contributed by atoms with Gasteiger partial charge in [0.1, 0.15) is 5.52 Å². The monoisotopic (exact) mass is 309 g/mol. The molecule has 0 aliphatic rings. The summed E-state index contributed by atoms with van der Waals surface area (Å²) < 4.78 is 1.13. The highest BCUT2D eigenvalue weighted by atomic mass is 16.3. The lowest BCUT2D eigenvalue weighted by Crippen LogP contribution is -2.33. The van der Waals surface area contributed by atoms with Crippen LogP contribution in [0.25, 0.3) is 10.9 Å². The second kappa shape index (κ2) is 5.57. The number of aromatic nitrogens is 2. The van der Waals surface area contributed by atoms with Gasteiger partial charge in [-0.05, 0) is 24.3 Å². The summed E-state index contributed by atoms with van der Waals surface area (Å²) >= 11 is 0. The molecular formula is C17H15N3O3. The highest BCUT2D eigenvalue weighted by Crippen LogP contribution is 2.26. The highest BCUT2D eigenvalue weighted by molar-refractivity contribution is 6.09.